The third-order valence-electron chi connectivity index (χ3n) is 2.38. The van der Waals surface area contributed by atoms with Crippen molar-refractivity contribution in [3.63, 3.8) is 0 Å². The van der Waals surface area contributed by atoms with E-state index in [1.54, 1.807) is 13.3 Å². The summed E-state index contributed by atoms with van der Waals surface area (Å²) < 4.78 is 0. The number of nitrogens with one attached hydrogen (secondary N) is 2. The van der Waals surface area contributed by atoms with Gasteiger partial charge in [0.1, 0.15) is 0 Å². The van der Waals surface area contributed by atoms with E-state index in [2.05, 4.69) is 40.1 Å². The van der Waals surface area contributed by atoms with Crippen LogP contribution in [0.4, 0.5) is 0 Å². The fraction of sp³-hybridized carbons (Fsp3) is 0.0769. The molecule has 0 saturated heterocycles. The van der Waals surface area contributed by atoms with Crippen molar-refractivity contribution in [1.29, 1.82) is 0 Å². The third-order valence-corrected chi connectivity index (χ3v) is 2.68. The number of rotatable bonds is 2. The van der Waals surface area contributed by atoms with Crippen LogP contribution in [0.2, 0.25) is 0 Å². The van der Waals surface area contributed by atoms with Gasteiger partial charge in [-0.2, -0.15) is 5.10 Å². The molecule has 0 aromatic heterocycles. The van der Waals surface area contributed by atoms with E-state index in [4.69, 9.17) is 12.2 Å². The molecule has 86 valence electrons. The largest absolute Gasteiger partial charge is 0.364 e. The summed E-state index contributed by atoms with van der Waals surface area (Å²) in [5.74, 6) is 0. The molecule has 2 aromatic carbocycles. The lowest BCUT2D eigenvalue weighted by Gasteiger charge is -2.01. The molecule has 0 atom stereocenters. The van der Waals surface area contributed by atoms with E-state index in [9.17, 15) is 0 Å². The standard InChI is InChI=1S/C13H13N3S/c1-14-13(17)16-15-9-10-6-7-11-4-2-3-5-12(11)8-10/h2-9H,1H3,(H2,14,16,17)/b15-9+. The number of thiocarbonyl (C=S) groups is 1. The fourth-order valence-corrected chi connectivity index (χ4v) is 1.56. The maximum absolute atomic E-state index is 4.91. The number of hydrogen-bond donors (Lipinski definition) is 2. The van der Waals surface area contributed by atoms with Crippen molar-refractivity contribution in [2.45, 2.75) is 0 Å². The first-order valence-corrected chi connectivity index (χ1v) is 5.70. The lowest BCUT2D eigenvalue weighted by molar-refractivity contribution is 0.982. The molecule has 17 heavy (non-hydrogen) atoms. The van der Waals surface area contributed by atoms with Gasteiger partial charge in [0.05, 0.1) is 6.21 Å². The summed E-state index contributed by atoms with van der Waals surface area (Å²) in [5, 5.41) is 9.76. The van der Waals surface area contributed by atoms with Crippen molar-refractivity contribution in [2.75, 3.05) is 7.05 Å². The predicted octanol–water partition coefficient (Wildman–Crippen LogP) is 2.27. The highest BCUT2D eigenvalue weighted by molar-refractivity contribution is 7.80. The minimum atomic E-state index is 0.502. The van der Waals surface area contributed by atoms with Gasteiger partial charge in [0, 0.05) is 7.05 Å². The van der Waals surface area contributed by atoms with Gasteiger partial charge in [-0.3, -0.25) is 5.43 Å². The molecule has 0 bridgehead atoms. The average Bonchev–Trinajstić information content (AvgIpc) is 2.38. The molecule has 0 heterocycles. The molecular formula is C13H13N3S. The first kappa shape index (κ1) is 11.5. The SMILES string of the molecule is CNC(=S)N/N=C/c1ccc2ccccc2c1. The summed E-state index contributed by atoms with van der Waals surface area (Å²) in [7, 11) is 1.75. The Balaban J connectivity index is 2.16. The normalized spacial score (nSPS) is 10.6. The highest BCUT2D eigenvalue weighted by atomic mass is 32.1. The minimum Gasteiger partial charge on any atom is -0.364 e. The quantitative estimate of drug-likeness (QED) is 0.482. The van der Waals surface area contributed by atoms with Gasteiger partial charge >= 0.3 is 0 Å². The summed E-state index contributed by atoms with van der Waals surface area (Å²) in [6.07, 6.45) is 1.75. The molecule has 2 aromatic rings. The van der Waals surface area contributed by atoms with Crippen molar-refractivity contribution < 1.29 is 0 Å². The second-order valence-corrected chi connectivity index (χ2v) is 3.96. The molecular weight excluding hydrogens is 230 g/mol. The summed E-state index contributed by atoms with van der Waals surface area (Å²) in [6.45, 7) is 0. The van der Waals surface area contributed by atoms with Crippen molar-refractivity contribution in [1.82, 2.24) is 10.7 Å². The van der Waals surface area contributed by atoms with Crippen LogP contribution in [0.5, 0.6) is 0 Å². The number of hydrogen-bond acceptors (Lipinski definition) is 2. The van der Waals surface area contributed by atoms with Crippen LogP contribution in [0.3, 0.4) is 0 Å². The van der Waals surface area contributed by atoms with Crippen molar-refractivity contribution >= 4 is 34.3 Å². The molecule has 2 N–H and O–H groups in total. The van der Waals surface area contributed by atoms with Gasteiger partial charge in [0.2, 0.25) is 0 Å². The summed E-state index contributed by atoms with van der Waals surface area (Å²) in [4.78, 5) is 0. The molecule has 0 aliphatic carbocycles. The second kappa shape index (κ2) is 5.41. The molecule has 0 radical (unpaired) electrons. The van der Waals surface area contributed by atoms with Crippen molar-refractivity contribution in [3.05, 3.63) is 48.0 Å². The Hall–Kier alpha value is -1.94. The molecule has 0 fully saturated rings. The zero-order chi connectivity index (χ0) is 12.1. The first-order valence-electron chi connectivity index (χ1n) is 5.29. The Morgan fingerprint density at radius 2 is 1.94 bits per heavy atom. The molecule has 0 aliphatic rings. The average molecular weight is 243 g/mol. The zero-order valence-electron chi connectivity index (χ0n) is 9.47. The van der Waals surface area contributed by atoms with Crippen LogP contribution in [-0.2, 0) is 0 Å². The van der Waals surface area contributed by atoms with Crippen molar-refractivity contribution in [3.8, 4) is 0 Å². The van der Waals surface area contributed by atoms with Crippen LogP contribution in [0.25, 0.3) is 10.8 Å². The van der Waals surface area contributed by atoms with E-state index in [1.807, 2.05) is 18.2 Å². The molecule has 0 spiro atoms. The Morgan fingerprint density at radius 3 is 2.71 bits per heavy atom. The van der Waals surface area contributed by atoms with Crippen LogP contribution in [0.1, 0.15) is 5.56 Å². The van der Waals surface area contributed by atoms with Crippen LogP contribution in [-0.4, -0.2) is 18.4 Å². The topological polar surface area (TPSA) is 36.4 Å². The van der Waals surface area contributed by atoms with E-state index < -0.39 is 0 Å². The zero-order valence-corrected chi connectivity index (χ0v) is 10.3. The van der Waals surface area contributed by atoms with Crippen LogP contribution >= 0.6 is 12.2 Å². The molecule has 4 heteroatoms. The lowest BCUT2D eigenvalue weighted by Crippen LogP contribution is -2.28. The van der Waals surface area contributed by atoms with Crippen LogP contribution in [0.15, 0.2) is 47.6 Å². The molecule has 0 aliphatic heterocycles. The lowest BCUT2D eigenvalue weighted by atomic mass is 10.1. The predicted molar refractivity (Wildman–Crippen MR) is 76.3 cm³/mol. The number of benzene rings is 2. The summed E-state index contributed by atoms with van der Waals surface area (Å²) in [5.41, 5.74) is 3.76. The smallest absolute Gasteiger partial charge is 0.186 e. The van der Waals surface area contributed by atoms with E-state index in [-0.39, 0.29) is 0 Å². The molecule has 2 rings (SSSR count). The van der Waals surface area contributed by atoms with E-state index in [1.165, 1.54) is 10.8 Å². The monoisotopic (exact) mass is 243 g/mol. The number of fused-ring (bicyclic) bond motifs is 1. The van der Waals surface area contributed by atoms with Crippen LogP contribution in [0, 0.1) is 0 Å². The first-order chi connectivity index (χ1) is 8.29. The van der Waals surface area contributed by atoms with Gasteiger partial charge in [0.25, 0.3) is 0 Å². The molecule has 3 nitrogen and oxygen atoms in total. The molecule has 0 unspecified atom stereocenters. The van der Waals surface area contributed by atoms with E-state index in [0.29, 0.717) is 5.11 Å². The van der Waals surface area contributed by atoms with Gasteiger partial charge in [-0.15, -0.1) is 0 Å². The van der Waals surface area contributed by atoms with Gasteiger partial charge in [-0.25, -0.2) is 0 Å². The highest BCUT2D eigenvalue weighted by Gasteiger charge is 1.93. The highest BCUT2D eigenvalue weighted by Crippen LogP contribution is 2.14. The van der Waals surface area contributed by atoms with E-state index in [0.717, 1.165) is 5.56 Å². The van der Waals surface area contributed by atoms with Gasteiger partial charge in [0.15, 0.2) is 5.11 Å². The Kier molecular flexibility index (Phi) is 3.67. The van der Waals surface area contributed by atoms with Crippen LogP contribution < -0.4 is 10.7 Å². The fourth-order valence-electron chi connectivity index (χ4n) is 1.51. The Morgan fingerprint density at radius 1 is 1.18 bits per heavy atom. The summed E-state index contributed by atoms with van der Waals surface area (Å²) in [6, 6.07) is 14.4. The second-order valence-electron chi connectivity index (χ2n) is 3.56. The maximum Gasteiger partial charge on any atom is 0.186 e. The Labute approximate surface area is 106 Å². The van der Waals surface area contributed by atoms with Crippen molar-refractivity contribution in [2.24, 2.45) is 5.10 Å². The molecule has 0 saturated carbocycles. The third kappa shape index (κ3) is 3.01. The van der Waals surface area contributed by atoms with Gasteiger partial charge in [-0.05, 0) is 34.6 Å². The van der Waals surface area contributed by atoms with Gasteiger partial charge in [-0.1, -0.05) is 36.4 Å². The molecule has 0 amide bonds. The summed E-state index contributed by atoms with van der Waals surface area (Å²) >= 11 is 4.91. The maximum atomic E-state index is 4.91. The number of nitrogens with zero attached hydrogens (tertiary/aromatic N) is 1. The van der Waals surface area contributed by atoms with Gasteiger partial charge < -0.3 is 5.32 Å². The Bertz CT molecular complexity index is 563. The number of hydrazone groups is 1. The minimum absolute atomic E-state index is 0.502. The van der Waals surface area contributed by atoms with E-state index >= 15 is 0 Å².